The smallest absolute Gasteiger partial charge is 0.338 e. The molecule has 0 spiro atoms. The maximum atomic E-state index is 6.48. The van der Waals surface area contributed by atoms with Crippen LogP contribution in [0.2, 0.25) is 24.2 Å². The summed E-state index contributed by atoms with van der Waals surface area (Å²) < 4.78 is 25.9. The molecule has 6 heteroatoms. The van der Waals surface area contributed by atoms with Gasteiger partial charge in [-0.1, -0.05) is 80.1 Å². The summed E-state index contributed by atoms with van der Waals surface area (Å²) in [6.45, 7) is 16.7. The lowest BCUT2D eigenvalue weighted by atomic mass is 10.4. The van der Waals surface area contributed by atoms with E-state index in [0.717, 1.165) is 76.3 Å². The van der Waals surface area contributed by atoms with Crippen LogP contribution in [0.3, 0.4) is 0 Å². The van der Waals surface area contributed by atoms with Crippen molar-refractivity contribution in [1.29, 1.82) is 0 Å². The molecule has 0 aliphatic carbocycles. The molecule has 0 bridgehead atoms. The highest BCUT2D eigenvalue weighted by atomic mass is 28.4. The molecule has 0 radical (unpaired) electrons. The van der Waals surface area contributed by atoms with Crippen LogP contribution in [0.5, 0.6) is 0 Å². The van der Waals surface area contributed by atoms with E-state index in [1.807, 2.05) is 0 Å². The van der Waals surface area contributed by atoms with Crippen molar-refractivity contribution in [2.45, 2.75) is 130 Å². The Morgan fingerprint density at radius 3 is 0.867 bits per heavy atom. The highest BCUT2D eigenvalue weighted by molar-refractivity contribution is 6.68. The highest BCUT2D eigenvalue weighted by Crippen LogP contribution is 2.30. The Balaban J connectivity index is 5.02. The first-order valence-electron chi connectivity index (χ1n) is 13.1. The van der Waals surface area contributed by atoms with Gasteiger partial charge in [-0.3, -0.25) is 0 Å². The van der Waals surface area contributed by atoms with Gasteiger partial charge in [-0.05, 0) is 49.9 Å². The summed E-state index contributed by atoms with van der Waals surface area (Å²) in [6, 6.07) is 4.51. The van der Waals surface area contributed by atoms with Crippen LogP contribution in [0.15, 0.2) is 0 Å². The van der Waals surface area contributed by atoms with Crippen LogP contribution in [0, 0.1) is 0 Å². The molecule has 0 unspecified atom stereocenters. The minimum Gasteiger partial charge on any atom is -0.394 e. The molecule has 0 heterocycles. The summed E-state index contributed by atoms with van der Waals surface area (Å²) in [5.41, 5.74) is 0. The highest BCUT2D eigenvalue weighted by Gasteiger charge is 2.39. The second-order valence-electron chi connectivity index (χ2n) is 8.63. The second-order valence-corrected chi connectivity index (χ2v) is 15.4. The van der Waals surface area contributed by atoms with Gasteiger partial charge in [0.1, 0.15) is 0 Å². The van der Waals surface area contributed by atoms with Crippen molar-refractivity contribution in [2.75, 3.05) is 26.4 Å². The van der Waals surface area contributed by atoms with Gasteiger partial charge in [0.05, 0.1) is 0 Å². The Kier molecular flexibility index (Phi) is 20.1. The Bertz CT molecular complexity index is 292. The Morgan fingerprint density at radius 1 is 0.367 bits per heavy atom. The van der Waals surface area contributed by atoms with E-state index >= 15 is 0 Å². The van der Waals surface area contributed by atoms with Crippen LogP contribution >= 0.6 is 0 Å². The lowest BCUT2D eigenvalue weighted by Crippen LogP contribution is -2.44. The fraction of sp³-hybridized carbons (Fsp3) is 1.00. The molecular formula is C24H54O4Si2. The van der Waals surface area contributed by atoms with Crippen molar-refractivity contribution < 1.29 is 17.7 Å². The third-order valence-electron chi connectivity index (χ3n) is 5.46. The van der Waals surface area contributed by atoms with Crippen molar-refractivity contribution >= 4 is 17.1 Å². The minimum atomic E-state index is -2.10. The number of hydrogen-bond donors (Lipinski definition) is 0. The number of hydrogen-bond acceptors (Lipinski definition) is 4. The van der Waals surface area contributed by atoms with Gasteiger partial charge >= 0.3 is 17.1 Å². The van der Waals surface area contributed by atoms with Crippen LogP contribution < -0.4 is 0 Å². The van der Waals surface area contributed by atoms with Crippen LogP contribution in [0.1, 0.15) is 106 Å². The third kappa shape index (κ3) is 13.6. The van der Waals surface area contributed by atoms with Gasteiger partial charge < -0.3 is 17.7 Å². The molecule has 30 heavy (non-hydrogen) atoms. The zero-order chi connectivity index (χ0) is 22.6. The van der Waals surface area contributed by atoms with E-state index in [-0.39, 0.29) is 0 Å². The molecule has 4 nitrogen and oxygen atoms in total. The largest absolute Gasteiger partial charge is 0.394 e. The number of unbranched alkanes of at least 4 members (excludes halogenated alkanes) is 3. The first kappa shape index (κ1) is 30.3. The van der Waals surface area contributed by atoms with E-state index in [0.29, 0.717) is 0 Å². The molecule has 0 rings (SSSR count). The summed E-state index contributed by atoms with van der Waals surface area (Å²) in [4.78, 5) is 0. The molecule has 0 saturated heterocycles. The van der Waals surface area contributed by atoms with Gasteiger partial charge in [0.25, 0.3) is 0 Å². The van der Waals surface area contributed by atoms with Gasteiger partial charge in [0, 0.05) is 26.4 Å². The molecule has 0 aliphatic rings. The molecule has 0 N–H and O–H groups in total. The van der Waals surface area contributed by atoms with Crippen LogP contribution in [0.25, 0.3) is 0 Å². The van der Waals surface area contributed by atoms with Gasteiger partial charge in [-0.2, -0.15) is 0 Å². The number of rotatable bonds is 23. The first-order valence-corrected chi connectivity index (χ1v) is 17.6. The molecule has 0 fully saturated rings. The zero-order valence-corrected chi connectivity index (χ0v) is 23.4. The summed E-state index contributed by atoms with van der Waals surface area (Å²) in [5.74, 6) is 0. The van der Waals surface area contributed by atoms with Gasteiger partial charge in [0.15, 0.2) is 0 Å². The normalized spacial score (nSPS) is 12.6. The molecule has 0 amide bonds. The Labute approximate surface area is 191 Å². The van der Waals surface area contributed by atoms with Gasteiger partial charge in [-0.25, -0.2) is 0 Å². The molecule has 0 aromatic heterocycles. The van der Waals surface area contributed by atoms with Crippen LogP contribution in [-0.2, 0) is 17.7 Å². The standard InChI is InChI=1S/C24H54O4Si2/c1-7-13-21-29(25-17-9-3,26-18-10-4)23-15-16-24-30(22-14-8-2,27-19-11-5)28-20-12-6/h7-24H2,1-6H3. The van der Waals surface area contributed by atoms with Gasteiger partial charge in [-0.15, -0.1) is 0 Å². The van der Waals surface area contributed by atoms with Crippen LogP contribution in [0.4, 0.5) is 0 Å². The Morgan fingerprint density at radius 2 is 0.633 bits per heavy atom. The van der Waals surface area contributed by atoms with Crippen molar-refractivity contribution in [3.05, 3.63) is 0 Å². The van der Waals surface area contributed by atoms with E-state index in [1.165, 1.54) is 38.5 Å². The lowest BCUT2D eigenvalue weighted by molar-refractivity contribution is 0.161. The van der Waals surface area contributed by atoms with Crippen molar-refractivity contribution in [3.63, 3.8) is 0 Å². The first-order chi connectivity index (χ1) is 14.6. The zero-order valence-electron chi connectivity index (χ0n) is 21.4. The van der Waals surface area contributed by atoms with E-state index < -0.39 is 17.1 Å². The second kappa shape index (κ2) is 19.9. The average molecular weight is 463 g/mol. The maximum absolute atomic E-state index is 6.48. The third-order valence-corrected chi connectivity index (χ3v) is 12.8. The summed E-state index contributed by atoms with van der Waals surface area (Å²) in [5, 5.41) is 0. The molecule has 0 atom stereocenters. The maximum Gasteiger partial charge on any atom is 0.338 e. The van der Waals surface area contributed by atoms with Gasteiger partial charge in [0.2, 0.25) is 0 Å². The molecule has 0 aromatic carbocycles. The van der Waals surface area contributed by atoms with E-state index in [1.54, 1.807) is 0 Å². The quantitative estimate of drug-likeness (QED) is 0.114. The van der Waals surface area contributed by atoms with Crippen molar-refractivity contribution in [1.82, 2.24) is 0 Å². The Hall–Kier alpha value is 0.274. The summed E-state index contributed by atoms with van der Waals surface area (Å²) in [7, 11) is -4.19. The van der Waals surface area contributed by atoms with Crippen LogP contribution in [-0.4, -0.2) is 43.5 Å². The van der Waals surface area contributed by atoms with E-state index in [9.17, 15) is 0 Å². The summed E-state index contributed by atoms with van der Waals surface area (Å²) >= 11 is 0. The van der Waals surface area contributed by atoms with E-state index in [4.69, 9.17) is 17.7 Å². The molecule has 0 aromatic rings. The summed E-state index contributed by atoms with van der Waals surface area (Å²) in [6.07, 6.45) is 11.5. The predicted molar refractivity (Wildman–Crippen MR) is 135 cm³/mol. The SMILES string of the molecule is CCCC[Si](CCCC[Si](CCCC)(OCCC)OCCC)(OCCC)OCCC. The monoisotopic (exact) mass is 462 g/mol. The predicted octanol–water partition coefficient (Wildman–Crippen LogP) is 7.96. The topological polar surface area (TPSA) is 36.9 Å². The molecule has 0 aliphatic heterocycles. The minimum absolute atomic E-state index is 0.841. The average Bonchev–Trinajstić information content (AvgIpc) is 2.77. The fourth-order valence-electron chi connectivity index (χ4n) is 3.74. The molecule has 182 valence electrons. The fourth-order valence-corrected chi connectivity index (χ4v) is 11.2. The lowest BCUT2D eigenvalue weighted by Gasteiger charge is -2.33. The molecular weight excluding hydrogens is 408 g/mol. The molecule has 0 saturated carbocycles. The van der Waals surface area contributed by atoms with E-state index in [2.05, 4.69) is 41.5 Å². The van der Waals surface area contributed by atoms with Crippen molar-refractivity contribution in [3.8, 4) is 0 Å². The van der Waals surface area contributed by atoms with Crippen molar-refractivity contribution in [2.24, 2.45) is 0 Å².